The van der Waals surface area contributed by atoms with Gasteiger partial charge in [0.2, 0.25) is 0 Å². The Morgan fingerprint density at radius 2 is 1.79 bits per heavy atom. The number of hydrogen-bond donors (Lipinski definition) is 4. The summed E-state index contributed by atoms with van der Waals surface area (Å²) >= 11 is 0. The maximum Gasteiger partial charge on any atom is 0.407 e. The van der Waals surface area contributed by atoms with E-state index in [-0.39, 0.29) is 0 Å². The van der Waals surface area contributed by atoms with E-state index in [9.17, 15) is 28.6 Å². The number of ether oxygens (including phenoxy) is 1. The van der Waals surface area contributed by atoms with Crippen LogP contribution in [0, 0.1) is 11.6 Å². The highest BCUT2D eigenvalue weighted by Crippen LogP contribution is 2.23. The molecule has 0 radical (unpaired) electrons. The Balaban J connectivity index is 2.82. The Kier molecular flexibility index (Phi) is 6.22. The highest BCUT2D eigenvalue weighted by atomic mass is 19.1. The maximum atomic E-state index is 13.7. The zero-order valence-electron chi connectivity index (χ0n) is 13.3. The molecule has 1 amide bonds. The van der Waals surface area contributed by atoms with Crippen LogP contribution in [0.4, 0.5) is 13.6 Å². The van der Waals surface area contributed by atoms with Crippen LogP contribution in [0.15, 0.2) is 12.1 Å². The summed E-state index contributed by atoms with van der Waals surface area (Å²) in [5.41, 5.74) is -2.22. The van der Waals surface area contributed by atoms with E-state index in [1.807, 2.05) is 0 Å². The Morgan fingerprint density at radius 1 is 1.21 bits per heavy atom. The molecule has 0 aromatic heterocycles. The lowest BCUT2D eigenvalue weighted by atomic mass is 10.0. The summed E-state index contributed by atoms with van der Waals surface area (Å²) in [5.74, 6) is -4.18. The topological polar surface area (TPSA) is 116 Å². The van der Waals surface area contributed by atoms with Gasteiger partial charge >= 0.3 is 12.1 Å². The third-order valence-corrected chi connectivity index (χ3v) is 2.85. The molecule has 0 spiro atoms. The second kappa shape index (κ2) is 7.54. The minimum absolute atomic E-state index is 0.302. The lowest BCUT2D eigenvalue weighted by Gasteiger charge is -2.22. The largest absolute Gasteiger partial charge is 0.478 e. The number of carboxylic acid groups (broad SMARTS) is 1. The molecule has 0 aliphatic carbocycles. The molecular formula is C15H19F2NO6. The molecule has 0 saturated carbocycles. The van der Waals surface area contributed by atoms with Gasteiger partial charge in [-0.05, 0) is 26.8 Å². The lowest BCUT2D eigenvalue weighted by Crippen LogP contribution is -2.39. The van der Waals surface area contributed by atoms with Crippen LogP contribution in [0.3, 0.4) is 0 Å². The number of amides is 1. The quantitative estimate of drug-likeness (QED) is 0.643. The molecule has 0 fully saturated rings. The molecule has 1 aromatic rings. The molecule has 1 aromatic carbocycles. The number of hydrogen-bond acceptors (Lipinski definition) is 5. The molecule has 24 heavy (non-hydrogen) atoms. The van der Waals surface area contributed by atoms with Gasteiger partial charge < -0.3 is 25.4 Å². The summed E-state index contributed by atoms with van der Waals surface area (Å²) in [6, 6.07) is 0.893. The minimum Gasteiger partial charge on any atom is -0.478 e. The van der Waals surface area contributed by atoms with Crippen molar-refractivity contribution in [2.75, 3.05) is 6.54 Å². The van der Waals surface area contributed by atoms with Crippen molar-refractivity contribution in [1.82, 2.24) is 5.32 Å². The van der Waals surface area contributed by atoms with Gasteiger partial charge in [0.1, 0.15) is 29.4 Å². The van der Waals surface area contributed by atoms with Crippen LogP contribution in [0.2, 0.25) is 0 Å². The van der Waals surface area contributed by atoms with Crippen LogP contribution in [0.1, 0.15) is 42.8 Å². The average molecular weight is 347 g/mol. The van der Waals surface area contributed by atoms with E-state index in [1.165, 1.54) is 0 Å². The second-order valence-corrected chi connectivity index (χ2v) is 6.05. The molecular weight excluding hydrogens is 328 g/mol. The summed E-state index contributed by atoms with van der Waals surface area (Å²) in [7, 11) is 0. The van der Waals surface area contributed by atoms with Crippen LogP contribution < -0.4 is 5.32 Å². The van der Waals surface area contributed by atoms with Gasteiger partial charge in [0.05, 0.1) is 5.56 Å². The molecule has 4 N–H and O–H groups in total. The molecule has 0 saturated heterocycles. The Bertz CT molecular complexity index is 629. The first-order valence-corrected chi connectivity index (χ1v) is 6.97. The van der Waals surface area contributed by atoms with E-state index in [1.54, 1.807) is 20.8 Å². The monoisotopic (exact) mass is 347 g/mol. The van der Waals surface area contributed by atoms with Crippen molar-refractivity contribution >= 4 is 12.1 Å². The summed E-state index contributed by atoms with van der Waals surface area (Å²) in [6.07, 6.45) is -4.41. The van der Waals surface area contributed by atoms with Crippen molar-refractivity contribution in [2.24, 2.45) is 0 Å². The number of halogens is 2. The first-order valence-electron chi connectivity index (χ1n) is 6.97. The Morgan fingerprint density at radius 3 is 2.29 bits per heavy atom. The summed E-state index contributed by atoms with van der Waals surface area (Å²) < 4.78 is 31.9. The van der Waals surface area contributed by atoms with Crippen LogP contribution in [0.25, 0.3) is 0 Å². The maximum absolute atomic E-state index is 13.7. The predicted molar refractivity (Wildman–Crippen MR) is 78.5 cm³/mol. The smallest absolute Gasteiger partial charge is 0.407 e. The van der Waals surface area contributed by atoms with Crippen molar-refractivity contribution in [3.05, 3.63) is 34.9 Å². The Hall–Kier alpha value is -2.26. The van der Waals surface area contributed by atoms with Crippen molar-refractivity contribution in [1.29, 1.82) is 0 Å². The SMILES string of the molecule is CC(C)(C)OC(=O)NCC(O)C(O)c1cc(C(=O)O)c(F)cc1F. The molecule has 2 unspecified atom stereocenters. The number of alkyl carbamates (subject to hydrolysis) is 1. The summed E-state index contributed by atoms with van der Waals surface area (Å²) in [5, 5.41) is 30.7. The predicted octanol–water partition coefficient (Wildman–Crippen LogP) is 1.58. The van der Waals surface area contributed by atoms with E-state index in [0.717, 1.165) is 0 Å². The van der Waals surface area contributed by atoms with E-state index in [0.29, 0.717) is 12.1 Å². The number of aliphatic hydroxyl groups excluding tert-OH is 2. The molecule has 9 heteroatoms. The zero-order valence-corrected chi connectivity index (χ0v) is 13.3. The summed E-state index contributed by atoms with van der Waals surface area (Å²) in [6.45, 7) is 4.38. The number of nitrogens with one attached hydrogen (secondary N) is 1. The van der Waals surface area contributed by atoms with Crippen molar-refractivity contribution in [2.45, 2.75) is 38.6 Å². The molecule has 0 aliphatic rings. The number of aliphatic hydroxyl groups is 2. The number of aromatic carboxylic acids is 1. The average Bonchev–Trinajstić information content (AvgIpc) is 2.41. The molecule has 2 atom stereocenters. The first kappa shape index (κ1) is 19.8. The fourth-order valence-corrected chi connectivity index (χ4v) is 1.78. The molecule has 7 nitrogen and oxygen atoms in total. The van der Waals surface area contributed by atoms with Gasteiger partial charge in [0.25, 0.3) is 0 Å². The summed E-state index contributed by atoms with van der Waals surface area (Å²) in [4.78, 5) is 22.3. The first-order chi connectivity index (χ1) is 10.9. The van der Waals surface area contributed by atoms with Gasteiger partial charge in [-0.15, -0.1) is 0 Å². The number of rotatable bonds is 5. The molecule has 0 heterocycles. The van der Waals surface area contributed by atoms with Crippen molar-refractivity contribution < 1.29 is 38.4 Å². The van der Waals surface area contributed by atoms with Crippen molar-refractivity contribution in [3.63, 3.8) is 0 Å². The van der Waals surface area contributed by atoms with E-state index in [2.05, 4.69) is 5.32 Å². The Labute approximate surface area is 136 Å². The van der Waals surface area contributed by atoms with E-state index >= 15 is 0 Å². The lowest BCUT2D eigenvalue weighted by molar-refractivity contribution is 0.0112. The van der Waals surface area contributed by atoms with E-state index < -0.39 is 59.2 Å². The fourth-order valence-electron chi connectivity index (χ4n) is 1.78. The molecule has 1 rings (SSSR count). The number of carbonyl (C=O) groups excluding carboxylic acids is 1. The molecule has 134 valence electrons. The van der Waals surface area contributed by atoms with Crippen LogP contribution >= 0.6 is 0 Å². The van der Waals surface area contributed by atoms with Crippen LogP contribution in [0.5, 0.6) is 0 Å². The standard InChI is InChI=1S/C15H19F2NO6/c1-15(2,3)24-14(23)18-6-11(19)12(20)7-4-8(13(21)22)10(17)5-9(7)16/h4-5,11-12,19-20H,6H2,1-3H3,(H,18,23)(H,21,22). The second-order valence-electron chi connectivity index (χ2n) is 6.05. The van der Waals surface area contributed by atoms with Gasteiger partial charge in [-0.3, -0.25) is 0 Å². The van der Waals surface area contributed by atoms with Crippen molar-refractivity contribution in [3.8, 4) is 0 Å². The third kappa shape index (κ3) is 5.43. The van der Waals surface area contributed by atoms with Gasteiger partial charge in [0, 0.05) is 18.2 Å². The van der Waals surface area contributed by atoms with E-state index in [4.69, 9.17) is 9.84 Å². The van der Waals surface area contributed by atoms with Gasteiger partial charge in [0.15, 0.2) is 0 Å². The number of benzene rings is 1. The molecule has 0 aliphatic heterocycles. The normalized spacial score (nSPS) is 14.0. The van der Waals surface area contributed by atoms with Gasteiger partial charge in [-0.25, -0.2) is 18.4 Å². The highest BCUT2D eigenvalue weighted by Gasteiger charge is 2.26. The van der Waals surface area contributed by atoms with Crippen LogP contribution in [-0.4, -0.2) is 45.6 Å². The minimum atomic E-state index is -1.88. The zero-order chi connectivity index (χ0) is 18.7. The van der Waals surface area contributed by atoms with Gasteiger partial charge in [-0.1, -0.05) is 0 Å². The number of carbonyl (C=O) groups is 2. The third-order valence-electron chi connectivity index (χ3n) is 2.85. The van der Waals surface area contributed by atoms with Crippen LogP contribution in [-0.2, 0) is 4.74 Å². The highest BCUT2D eigenvalue weighted by molar-refractivity contribution is 5.88. The molecule has 0 bridgehead atoms. The fraction of sp³-hybridized carbons (Fsp3) is 0.467. The van der Waals surface area contributed by atoms with Gasteiger partial charge in [-0.2, -0.15) is 0 Å². The number of carboxylic acids is 1.